The number of ether oxygens (including phenoxy) is 2. The zero-order valence-electron chi connectivity index (χ0n) is 21.1. The molecule has 1 fully saturated rings. The minimum atomic E-state index is -0.385. The van der Waals surface area contributed by atoms with Crippen LogP contribution in [0.25, 0.3) is 16.0 Å². The number of phenolic OH excluding ortho intramolecular Hbond substituents is 1. The van der Waals surface area contributed by atoms with Gasteiger partial charge in [-0.1, -0.05) is 43.3 Å². The van der Waals surface area contributed by atoms with Gasteiger partial charge in [-0.05, 0) is 85.3 Å². The molecule has 0 amide bonds. The van der Waals surface area contributed by atoms with Gasteiger partial charge in [-0.3, -0.25) is 4.90 Å². The van der Waals surface area contributed by atoms with Gasteiger partial charge in [-0.25, -0.2) is 4.85 Å². The van der Waals surface area contributed by atoms with Gasteiger partial charge in [0.25, 0.3) is 0 Å². The summed E-state index contributed by atoms with van der Waals surface area (Å²) < 4.78 is 12.6. The standard InChI is InChI=1S/C31H32N2O3/c1-20-15-16-33(18-20)21(2)19-35-25-12-9-23(10-13-25)31-30(26-7-5-6-8-28(26)32-4)22(3)27-17-24(34)11-14-29(27)36-31/h5-14,17,20-21,31,34H,15-16,18-19H2,1-3H3/t20-,21+,31?/m1/s1. The van der Waals surface area contributed by atoms with Crippen molar-refractivity contribution in [1.82, 2.24) is 4.90 Å². The van der Waals surface area contributed by atoms with Gasteiger partial charge in [0.05, 0.1) is 6.57 Å². The maximum atomic E-state index is 10.1. The van der Waals surface area contributed by atoms with Crippen LogP contribution in [0.2, 0.25) is 0 Å². The first-order valence-electron chi connectivity index (χ1n) is 12.6. The summed E-state index contributed by atoms with van der Waals surface area (Å²) in [4.78, 5) is 6.26. The first-order chi connectivity index (χ1) is 17.4. The van der Waals surface area contributed by atoms with Crippen molar-refractivity contribution in [1.29, 1.82) is 0 Å². The highest BCUT2D eigenvalue weighted by Crippen LogP contribution is 2.49. The molecule has 0 aliphatic carbocycles. The Morgan fingerprint density at radius 1 is 1.11 bits per heavy atom. The van der Waals surface area contributed by atoms with Crippen molar-refractivity contribution in [3.63, 3.8) is 0 Å². The Labute approximate surface area is 213 Å². The van der Waals surface area contributed by atoms with Gasteiger partial charge in [-0.15, -0.1) is 0 Å². The van der Waals surface area contributed by atoms with E-state index >= 15 is 0 Å². The van der Waals surface area contributed by atoms with E-state index in [2.05, 4.69) is 23.6 Å². The molecule has 5 heteroatoms. The molecule has 2 heterocycles. The molecule has 0 bridgehead atoms. The molecule has 2 aliphatic rings. The smallest absolute Gasteiger partial charge is 0.194 e. The summed E-state index contributed by atoms with van der Waals surface area (Å²) in [7, 11) is 0. The SMILES string of the molecule is [C-]#[N+]c1ccccc1C1=C(C)c2cc(O)ccc2OC1c1ccc(OC[C@H](C)N2CC[C@@H](C)C2)cc1. The van der Waals surface area contributed by atoms with Crippen LogP contribution in [-0.2, 0) is 0 Å². The van der Waals surface area contributed by atoms with Crippen LogP contribution < -0.4 is 9.47 Å². The maximum absolute atomic E-state index is 10.1. The fourth-order valence-electron chi connectivity index (χ4n) is 5.25. The summed E-state index contributed by atoms with van der Waals surface area (Å²) in [5.74, 6) is 2.50. The first-order valence-corrected chi connectivity index (χ1v) is 12.6. The predicted octanol–water partition coefficient (Wildman–Crippen LogP) is 7.12. The molecule has 1 saturated heterocycles. The van der Waals surface area contributed by atoms with Gasteiger partial charge in [0.2, 0.25) is 0 Å². The number of fused-ring (bicyclic) bond motifs is 1. The molecule has 36 heavy (non-hydrogen) atoms. The minimum absolute atomic E-state index is 0.187. The van der Waals surface area contributed by atoms with Crippen molar-refractivity contribution in [2.45, 2.75) is 39.3 Å². The Balaban J connectivity index is 1.44. The zero-order chi connectivity index (χ0) is 25.2. The molecule has 3 atom stereocenters. The van der Waals surface area contributed by atoms with Crippen LogP contribution in [0.3, 0.4) is 0 Å². The normalized spacial score (nSPS) is 20.4. The summed E-state index contributed by atoms with van der Waals surface area (Å²) >= 11 is 0. The molecule has 0 spiro atoms. The van der Waals surface area contributed by atoms with Crippen molar-refractivity contribution in [2.24, 2.45) is 5.92 Å². The first kappa shape index (κ1) is 24.0. The average Bonchev–Trinajstić information content (AvgIpc) is 3.34. The van der Waals surface area contributed by atoms with E-state index in [0.717, 1.165) is 52.6 Å². The number of allylic oxidation sites excluding steroid dienone is 1. The van der Waals surface area contributed by atoms with E-state index in [0.29, 0.717) is 24.1 Å². The van der Waals surface area contributed by atoms with E-state index in [1.807, 2.05) is 55.5 Å². The van der Waals surface area contributed by atoms with Crippen LogP contribution in [0.5, 0.6) is 17.2 Å². The Morgan fingerprint density at radius 3 is 2.61 bits per heavy atom. The van der Waals surface area contributed by atoms with Crippen molar-refractivity contribution < 1.29 is 14.6 Å². The van der Waals surface area contributed by atoms with Gasteiger partial charge in [0.1, 0.15) is 30.0 Å². The lowest BCUT2D eigenvalue weighted by atomic mass is 9.85. The van der Waals surface area contributed by atoms with Crippen molar-refractivity contribution in [3.8, 4) is 17.2 Å². The summed E-state index contributed by atoms with van der Waals surface area (Å²) in [5.41, 5.74) is 5.17. The second-order valence-electron chi connectivity index (χ2n) is 9.96. The Bertz CT molecular complexity index is 1320. The Morgan fingerprint density at radius 2 is 1.89 bits per heavy atom. The topological polar surface area (TPSA) is 46.3 Å². The van der Waals surface area contributed by atoms with Crippen LogP contribution in [0.15, 0.2) is 66.7 Å². The second-order valence-corrected chi connectivity index (χ2v) is 9.96. The van der Waals surface area contributed by atoms with Crippen LogP contribution in [0.1, 0.15) is 50.0 Å². The average molecular weight is 481 g/mol. The van der Waals surface area contributed by atoms with Gasteiger partial charge >= 0.3 is 0 Å². The molecule has 0 saturated carbocycles. The molecule has 1 N–H and O–H groups in total. The number of hydrogen-bond donors (Lipinski definition) is 1. The third-order valence-corrected chi connectivity index (χ3v) is 7.35. The number of likely N-dealkylation sites (tertiary alicyclic amines) is 1. The Kier molecular flexibility index (Phi) is 6.71. The fourth-order valence-corrected chi connectivity index (χ4v) is 5.25. The molecule has 0 radical (unpaired) electrons. The molecule has 5 nitrogen and oxygen atoms in total. The monoisotopic (exact) mass is 480 g/mol. The van der Waals surface area contributed by atoms with E-state index in [9.17, 15) is 5.11 Å². The van der Waals surface area contributed by atoms with E-state index in [1.54, 1.807) is 18.2 Å². The lowest BCUT2D eigenvalue weighted by molar-refractivity contribution is 0.169. The molecular formula is C31H32N2O3. The third-order valence-electron chi connectivity index (χ3n) is 7.35. The molecule has 2 aliphatic heterocycles. The summed E-state index contributed by atoms with van der Waals surface area (Å²) in [6.07, 6.45) is 0.874. The zero-order valence-corrected chi connectivity index (χ0v) is 21.1. The highest BCUT2D eigenvalue weighted by atomic mass is 16.5. The fraction of sp³-hybridized carbons (Fsp3) is 0.323. The van der Waals surface area contributed by atoms with Crippen LogP contribution in [0, 0.1) is 12.5 Å². The van der Waals surface area contributed by atoms with Crippen LogP contribution >= 0.6 is 0 Å². The van der Waals surface area contributed by atoms with E-state index in [1.165, 1.54) is 6.42 Å². The number of aromatic hydroxyl groups is 1. The molecule has 1 unspecified atom stereocenters. The Hall–Kier alpha value is -3.75. The molecular weight excluding hydrogens is 448 g/mol. The number of phenols is 1. The lowest BCUT2D eigenvalue weighted by Crippen LogP contribution is -2.35. The van der Waals surface area contributed by atoms with Crippen molar-refractivity contribution in [3.05, 3.63) is 94.8 Å². The van der Waals surface area contributed by atoms with Gasteiger partial charge in [0.15, 0.2) is 5.69 Å². The van der Waals surface area contributed by atoms with Crippen molar-refractivity contribution in [2.75, 3.05) is 19.7 Å². The number of rotatable bonds is 6. The molecule has 184 valence electrons. The highest BCUT2D eigenvalue weighted by Gasteiger charge is 2.30. The van der Waals surface area contributed by atoms with E-state index < -0.39 is 0 Å². The van der Waals surface area contributed by atoms with Gasteiger partial charge < -0.3 is 14.6 Å². The minimum Gasteiger partial charge on any atom is -0.508 e. The maximum Gasteiger partial charge on any atom is 0.194 e. The third kappa shape index (κ3) is 4.69. The number of nitrogens with zero attached hydrogens (tertiary/aromatic N) is 2. The van der Waals surface area contributed by atoms with Crippen LogP contribution in [0.4, 0.5) is 5.69 Å². The van der Waals surface area contributed by atoms with Gasteiger partial charge in [0, 0.05) is 18.2 Å². The quantitative estimate of drug-likeness (QED) is 0.382. The predicted molar refractivity (Wildman–Crippen MR) is 143 cm³/mol. The van der Waals surface area contributed by atoms with Crippen LogP contribution in [-0.4, -0.2) is 35.7 Å². The van der Waals surface area contributed by atoms with Crippen molar-refractivity contribution >= 4 is 16.8 Å². The summed E-state index contributed by atoms with van der Waals surface area (Å²) in [6.45, 7) is 17.2. The molecule has 3 aromatic carbocycles. The molecule has 0 aromatic heterocycles. The van der Waals surface area contributed by atoms with E-state index in [4.69, 9.17) is 16.0 Å². The lowest BCUT2D eigenvalue weighted by Gasteiger charge is -2.31. The number of para-hydroxylation sites is 1. The highest BCUT2D eigenvalue weighted by molar-refractivity contribution is 5.98. The number of benzene rings is 3. The second kappa shape index (κ2) is 10.1. The largest absolute Gasteiger partial charge is 0.508 e. The molecule has 3 aromatic rings. The summed E-state index contributed by atoms with van der Waals surface area (Å²) in [6, 6.07) is 21.2. The van der Waals surface area contributed by atoms with E-state index in [-0.39, 0.29) is 11.9 Å². The van der Waals surface area contributed by atoms with Gasteiger partial charge in [-0.2, -0.15) is 0 Å². The number of hydrogen-bond acceptors (Lipinski definition) is 4. The molecule has 5 rings (SSSR count). The summed E-state index contributed by atoms with van der Waals surface area (Å²) in [5, 5.41) is 10.1.